The average Bonchev–Trinajstić information content (AvgIpc) is 2.75. The molecular weight excluding hydrogens is 459 g/mol. The minimum atomic E-state index is -0.801. The second-order valence-electron chi connectivity index (χ2n) is 6.56. The van der Waals surface area contributed by atoms with Gasteiger partial charge in [-0.05, 0) is 60.5 Å². The number of halogens is 3. The van der Waals surface area contributed by atoms with Crippen molar-refractivity contribution in [2.45, 2.75) is 19.6 Å². The van der Waals surface area contributed by atoms with Crippen LogP contribution in [0.3, 0.4) is 0 Å². The average molecular weight is 478 g/mol. The Morgan fingerprint density at radius 2 is 1.77 bits per heavy atom. The molecule has 3 aromatic carbocycles. The van der Waals surface area contributed by atoms with Crippen LogP contribution in [0.25, 0.3) is 0 Å². The van der Waals surface area contributed by atoms with Crippen molar-refractivity contribution in [3.8, 4) is 11.5 Å². The number of amides is 1. The van der Waals surface area contributed by atoms with Crippen molar-refractivity contribution in [3.05, 3.63) is 92.9 Å². The van der Waals surface area contributed by atoms with E-state index in [1.807, 2.05) is 48.5 Å². The third-order valence-electron chi connectivity index (χ3n) is 4.13. The van der Waals surface area contributed by atoms with Gasteiger partial charge in [-0.15, -0.1) is 0 Å². The fourth-order valence-electron chi connectivity index (χ4n) is 2.51. The van der Waals surface area contributed by atoms with Gasteiger partial charge in [-0.1, -0.05) is 59.1 Å². The fraction of sp³-hybridized carbons (Fsp3) is 0.130. The summed E-state index contributed by atoms with van der Waals surface area (Å²) in [6.45, 7) is 2.01. The first-order valence-corrected chi connectivity index (χ1v) is 10.5. The van der Waals surface area contributed by atoms with E-state index in [9.17, 15) is 4.79 Å². The Balaban J connectivity index is 1.52. The predicted octanol–water partition coefficient (Wildman–Crippen LogP) is 6.14. The Bertz CT molecular complexity index is 1070. The molecule has 1 amide bonds. The van der Waals surface area contributed by atoms with Crippen molar-refractivity contribution in [2.75, 3.05) is 0 Å². The van der Waals surface area contributed by atoms with Gasteiger partial charge in [-0.3, -0.25) is 4.79 Å². The van der Waals surface area contributed by atoms with Gasteiger partial charge in [-0.25, -0.2) is 5.43 Å². The molecule has 160 valence electrons. The Labute approximate surface area is 195 Å². The highest BCUT2D eigenvalue weighted by Gasteiger charge is 2.15. The summed E-state index contributed by atoms with van der Waals surface area (Å²) in [5.74, 6) is 0.625. The van der Waals surface area contributed by atoms with Crippen LogP contribution in [-0.4, -0.2) is 18.2 Å². The summed E-state index contributed by atoms with van der Waals surface area (Å²) in [7, 11) is 0. The molecule has 0 bridgehead atoms. The number of hydrogen-bond acceptors (Lipinski definition) is 4. The van der Waals surface area contributed by atoms with Gasteiger partial charge in [0.25, 0.3) is 5.91 Å². The molecule has 1 N–H and O–H groups in total. The summed E-state index contributed by atoms with van der Waals surface area (Å²) in [6, 6.07) is 19.6. The predicted molar refractivity (Wildman–Crippen MR) is 125 cm³/mol. The van der Waals surface area contributed by atoms with E-state index in [0.717, 1.165) is 11.1 Å². The molecule has 31 heavy (non-hydrogen) atoms. The van der Waals surface area contributed by atoms with Gasteiger partial charge < -0.3 is 9.47 Å². The molecule has 0 aliphatic carbocycles. The zero-order chi connectivity index (χ0) is 22.2. The summed E-state index contributed by atoms with van der Waals surface area (Å²) in [4.78, 5) is 12.2. The van der Waals surface area contributed by atoms with Crippen LogP contribution in [0, 0.1) is 0 Å². The Hall–Kier alpha value is -2.73. The Kier molecular flexibility index (Phi) is 8.18. The molecule has 1 unspecified atom stereocenters. The summed E-state index contributed by atoms with van der Waals surface area (Å²) in [6.07, 6.45) is 0.722. The molecular formula is C23H19Cl3N2O3. The highest BCUT2D eigenvalue weighted by Crippen LogP contribution is 2.28. The highest BCUT2D eigenvalue weighted by atomic mass is 35.5. The molecule has 0 radical (unpaired) electrons. The van der Waals surface area contributed by atoms with E-state index in [0.29, 0.717) is 33.2 Å². The number of nitrogens with one attached hydrogen (secondary N) is 1. The lowest BCUT2D eigenvalue weighted by molar-refractivity contribution is -0.127. The van der Waals surface area contributed by atoms with Crippen LogP contribution in [-0.2, 0) is 11.4 Å². The van der Waals surface area contributed by atoms with Gasteiger partial charge in [0.1, 0.15) is 18.1 Å². The van der Waals surface area contributed by atoms with Crippen LogP contribution in [0.5, 0.6) is 11.5 Å². The molecule has 3 aromatic rings. The summed E-state index contributed by atoms with van der Waals surface area (Å²) < 4.78 is 11.4. The van der Waals surface area contributed by atoms with E-state index in [1.165, 1.54) is 6.21 Å². The van der Waals surface area contributed by atoms with E-state index in [2.05, 4.69) is 10.5 Å². The molecule has 0 saturated heterocycles. The number of ether oxygens (including phenoxy) is 2. The number of carbonyl (C=O) groups excluding carboxylic acids is 1. The smallest absolute Gasteiger partial charge is 0.280 e. The maximum absolute atomic E-state index is 12.2. The minimum absolute atomic E-state index is 0.325. The quantitative estimate of drug-likeness (QED) is 0.313. The topological polar surface area (TPSA) is 59.9 Å². The number of rotatable bonds is 8. The highest BCUT2D eigenvalue weighted by molar-refractivity contribution is 6.35. The van der Waals surface area contributed by atoms with Crippen molar-refractivity contribution >= 4 is 46.9 Å². The Morgan fingerprint density at radius 3 is 2.52 bits per heavy atom. The third-order valence-corrected chi connectivity index (χ3v) is 4.91. The third kappa shape index (κ3) is 7.17. The van der Waals surface area contributed by atoms with Crippen LogP contribution in [0.1, 0.15) is 18.1 Å². The van der Waals surface area contributed by atoms with Gasteiger partial charge in [0.2, 0.25) is 0 Å². The van der Waals surface area contributed by atoms with E-state index in [1.54, 1.807) is 25.1 Å². The number of hydrogen-bond donors (Lipinski definition) is 1. The molecule has 0 saturated carbocycles. The second-order valence-corrected chi connectivity index (χ2v) is 7.84. The van der Waals surface area contributed by atoms with Crippen molar-refractivity contribution < 1.29 is 14.3 Å². The molecule has 8 heteroatoms. The maximum atomic E-state index is 12.2. The summed E-state index contributed by atoms with van der Waals surface area (Å²) in [5, 5.41) is 5.47. The van der Waals surface area contributed by atoms with E-state index >= 15 is 0 Å². The number of benzene rings is 3. The molecule has 0 aromatic heterocycles. The standard InChI is InChI=1S/C23H19Cl3N2O3/c1-15(31-22-10-9-19(25)12-21(22)26)23(29)28-27-13-17-3-2-4-20(11-17)30-14-16-5-7-18(24)8-6-16/h2-13,15H,14H2,1H3,(H,28,29)/b27-13+. The zero-order valence-corrected chi connectivity index (χ0v) is 18.8. The van der Waals surface area contributed by atoms with Gasteiger partial charge >= 0.3 is 0 Å². The number of carbonyl (C=O) groups is 1. The fourth-order valence-corrected chi connectivity index (χ4v) is 3.09. The minimum Gasteiger partial charge on any atom is -0.489 e. The largest absolute Gasteiger partial charge is 0.489 e. The van der Waals surface area contributed by atoms with E-state index in [-0.39, 0.29) is 0 Å². The molecule has 5 nitrogen and oxygen atoms in total. The lowest BCUT2D eigenvalue weighted by Gasteiger charge is -2.14. The normalized spacial score (nSPS) is 11.9. The first kappa shape index (κ1) is 22.9. The lowest BCUT2D eigenvalue weighted by atomic mass is 10.2. The van der Waals surface area contributed by atoms with Gasteiger partial charge in [0, 0.05) is 10.0 Å². The first-order valence-electron chi connectivity index (χ1n) is 9.32. The molecule has 0 aliphatic rings. The van der Waals surface area contributed by atoms with Crippen LogP contribution in [0.15, 0.2) is 71.8 Å². The SMILES string of the molecule is CC(Oc1ccc(Cl)cc1Cl)C(=O)N/N=C/c1cccc(OCc2ccc(Cl)cc2)c1. The zero-order valence-electron chi connectivity index (χ0n) is 16.5. The van der Waals surface area contributed by atoms with Gasteiger partial charge in [-0.2, -0.15) is 5.10 Å². The molecule has 1 atom stereocenters. The number of hydrazone groups is 1. The summed E-state index contributed by atoms with van der Waals surface area (Å²) >= 11 is 17.8. The van der Waals surface area contributed by atoms with E-state index < -0.39 is 12.0 Å². The van der Waals surface area contributed by atoms with Gasteiger partial charge in [0.05, 0.1) is 11.2 Å². The van der Waals surface area contributed by atoms with Crippen molar-refractivity contribution in [1.82, 2.24) is 5.43 Å². The molecule has 0 heterocycles. The van der Waals surface area contributed by atoms with Crippen LogP contribution >= 0.6 is 34.8 Å². The van der Waals surface area contributed by atoms with Crippen LogP contribution in [0.4, 0.5) is 0 Å². The monoisotopic (exact) mass is 476 g/mol. The summed E-state index contributed by atoms with van der Waals surface area (Å²) in [5.41, 5.74) is 4.22. The van der Waals surface area contributed by atoms with Crippen LogP contribution < -0.4 is 14.9 Å². The second kappa shape index (κ2) is 11.0. The number of nitrogens with zero attached hydrogens (tertiary/aromatic N) is 1. The van der Waals surface area contributed by atoms with Gasteiger partial charge in [0.15, 0.2) is 6.10 Å². The molecule has 0 spiro atoms. The van der Waals surface area contributed by atoms with Crippen molar-refractivity contribution in [1.29, 1.82) is 0 Å². The van der Waals surface area contributed by atoms with E-state index in [4.69, 9.17) is 44.3 Å². The van der Waals surface area contributed by atoms with Crippen LogP contribution in [0.2, 0.25) is 15.1 Å². The van der Waals surface area contributed by atoms with Crippen molar-refractivity contribution in [3.63, 3.8) is 0 Å². The molecule has 0 fully saturated rings. The maximum Gasteiger partial charge on any atom is 0.280 e. The Morgan fingerprint density at radius 1 is 1.03 bits per heavy atom. The lowest BCUT2D eigenvalue weighted by Crippen LogP contribution is -2.33. The molecule has 0 aliphatic heterocycles. The molecule has 3 rings (SSSR count). The first-order chi connectivity index (χ1) is 14.9. The van der Waals surface area contributed by atoms with Crippen molar-refractivity contribution in [2.24, 2.45) is 5.10 Å².